The van der Waals surface area contributed by atoms with Gasteiger partial charge in [-0.2, -0.15) is 0 Å². The van der Waals surface area contributed by atoms with E-state index in [1.165, 1.54) is 7.11 Å². The van der Waals surface area contributed by atoms with Crippen molar-refractivity contribution in [3.63, 3.8) is 0 Å². The van der Waals surface area contributed by atoms with Crippen LogP contribution in [0.5, 0.6) is 5.75 Å². The van der Waals surface area contributed by atoms with Gasteiger partial charge in [0.1, 0.15) is 0 Å². The van der Waals surface area contributed by atoms with Crippen LogP contribution in [0.3, 0.4) is 0 Å². The largest absolute Gasteiger partial charge is 0.494 e. The molecule has 0 N–H and O–H groups in total. The Kier molecular flexibility index (Phi) is 6.48. The Hall–Kier alpha value is -1.66. The number of amides is 1. The number of rotatable bonds is 5. The third kappa shape index (κ3) is 4.95. The molecule has 2 heterocycles. The minimum atomic E-state index is -0.315. The number of nitrogens with zero attached hydrogens (tertiary/aromatic N) is 3. The number of likely N-dealkylation sites (tertiary alicyclic amines) is 1. The van der Waals surface area contributed by atoms with Crippen LogP contribution in [0.4, 0.5) is 4.39 Å². The Labute approximate surface area is 155 Å². The summed E-state index contributed by atoms with van der Waals surface area (Å²) in [5.74, 6) is 0.974. The molecule has 2 aliphatic heterocycles. The molecule has 0 aliphatic carbocycles. The maximum atomic E-state index is 13.8. The molecule has 2 aliphatic rings. The summed E-state index contributed by atoms with van der Waals surface area (Å²) in [7, 11) is 1.48. The summed E-state index contributed by atoms with van der Waals surface area (Å²) in [6, 6.07) is 5.14. The van der Waals surface area contributed by atoms with E-state index in [2.05, 4.69) is 16.7 Å². The first-order valence-corrected chi connectivity index (χ1v) is 9.60. The quantitative estimate of drug-likeness (QED) is 0.804. The van der Waals surface area contributed by atoms with E-state index in [0.717, 1.165) is 70.1 Å². The number of carbonyl (C=O) groups is 1. The fourth-order valence-electron chi connectivity index (χ4n) is 3.72. The van der Waals surface area contributed by atoms with Crippen LogP contribution in [0.2, 0.25) is 0 Å². The minimum absolute atomic E-state index is 0.266. The highest BCUT2D eigenvalue weighted by Crippen LogP contribution is 2.19. The average molecular weight is 363 g/mol. The van der Waals surface area contributed by atoms with Gasteiger partial charge in [0.25, 0.3) is 0 Å². The SMILES string of the molecule is COc1ccc(CN2CCN(CC(=O)N3CCC(C)CC3)CC2)cc1F. The van der Waals surface area contributed by atoms with Crippen molar-refractivity contribution in [2.24, 2.45) is 5.92 Å². The Morgan fingerprint density at radius 3 is 2.38 bits per heavy atom. The number of hydrogen-bond acceptors (Lipinski definition) is 4. The van der Waals surface area contributed by atoms with E-state index in [9.17, 15) is 9.18 Å². The smallest absolute Gasteiger partial charge is 0.236 e. The maximum Gasteiger partial charge on any atom is 0.236 e. The van der Waals surface area contributed by atoms with E-state index < -0.39 is 0 Å². The first-order chi connectivity index (χ1) is 12.5. The molecule has 0 spiro atoms. The number of carbonyl (C=O) groups excluding carboxylic acids is 1. The van der Waals surface area contributed by atoms with E-state index in [1.54, 1.807) is 12.1 Å². The molecule has 1 amide bonds. The fraction of sp³-hybridized carbons (Fsp3) is 0.650. The molecule has 0 bridgehead atoms. The zero-order valence-electron chi connectivity index (χ0n) is 15.9. The van der Waals surface area contributed by atoms with Crippen LogP contribution in [-0.2, 0) is 11.3 Å². The van der Waals surface area contributed by atoms with E-state index >= 15 is 0 Å². The van der Waals surface area contributed by atoms with E-state index in [0.29, 0.717) is 6.54 Å². The van der Waals surface area contributed by atoms with Gasteiger partial charge in [-0.25, -0.2) is 4.39 Å². The van der Waals surface area contributed by atoms with Gasteiger partial charge in [-0.1, -0.05) is 13.0 Å². The number of benzene rings is 1. The Morgan fingerprint density at radius 2 is 1.77 bits per heavy atom. The zero-order valence-corrected chi connectivity index (χ0v) is 15.9. The third-order valence-electron chi connectivity index (χ3n) is 5.58. The van der Waals surface area contributed by atoms with Crippen molar-refractivity contribution in [2.45, 2.75) is 26.3 Å². The normalized spacial score (nSPS) is 20.3. The lowest BCUT2D eigenvalue weighted by Gasteiger charge is -2.36. The summed E-state index contributed by atoms with van der Waals surface area (Å²) in [6.45, 7) is 8.90. The molecule has 6 heteroatoms. The van der Waals surface area contributed by atoms with Crippen LogP contribution >= 0.6 is 0 Å². The summed E-state index contributed by atoms with van der Waals surface area (Å²) in [5.41, 5.74) is 0.954. The summed E-state index contributed by atoms with van der Waals surface area (Å²) in [4.78, 5) is 19.0. The molecule has 0 aromatic heterocycles. The molecular weight excluding hydrogens is 333 g/mol. The summed E-state index contributed by atoms with van der Waals surface area (Å²) in [5, 5.41) is 0. The van der Waals surface area contributed by atoms with Crippen molar-refractivity contribution in [1.29, 1.82) is 0 Å². The van der Waals surface area contributed by atoms with Gasteiger partial charge in [0, 0.05) is 45.8 Å². The van der Waals surface area contributed by atoms with Gasteiger partial charge in [-0.05, 0) is 36.5 Å². The predicted molar refractivity (Wildman–Crippen MR) is 99.6 cm³/mol. The van der Waals surface area contributed by atoms with Crippen molar-refractivity contribution in [3.05, 3.63) is 29.6 Å². The van der Waals surface area contributed by atoms with Crippen LogP contribution in [0.15, 0.2) is 18.2 Å². The monoisotopic (exact) mass is 363 g/mol. The molecule has 2 fully saturated rings. The standard InChI is InChI=1S/C20H30FN3O2/c1-16-5-7-24(8-6-16)20(25)15-23-11-9-22(10-12-23)14-17-3-4-19(26-2)18(21)13-17/h3-4,13,16H,5-12,14-15H2,1-2H3. The van der Waals surface area contributed by atoms with Crippen LogP contribution in [0, 0.1) is 11.7 Å². The highest BCUT2D eigenvalue weighted by atomic mass is 19.1. The number of ether oxygens (including phenoxy) is 1. The molecule has 5 nitrogen and oxygen atoms in total. The van der Waals surface area contributed by atoms with Gasteiger partial charge in [0.05, 0.1) is 13.7 Å². The van der Waals surface area contributed by atoms with E-state index in [1.807, 2.05) is 11.0 Å². The van der Waals surface area contributed by atoms with Crippen LogP contribution in [-0.4, -0.2) is 73.5 Å². The van der Waals surface area contributed by atoms with Gasteiger partial charge in [0.2, 0.25) is 5.91 Å². The zero-order chi connectivity index (χ0) is 18.5. The second-order valence-corrected chi connectivity index (χ2v) is 7.58. The molecule has 0 radical (unpaired) electrons. The first kappa shape index (κ1) is 19.1. The summed E-state index contributed by atoms with van der Waals surface area (Å²) in [6.07, 6.45) is 2.25. The Balaban J connectivity index is 1.42. The minimum Gasteiger partial charge on any atom is -0.494 e. The number of methoxy groups -OCH3 is 1. The summed E-state index contributed by atoms with van der Waals surface area (Å²) >= 11 is 0. The van der Waals surface area contributed by atoms with Crippen molar-refractivity contribution in [3.8, 4) is 5.75 Å². The number of piperidine rings is 1. The fourth-order valence-corrected chi connectivity index (χ4v) is 3.72. The van der Waals surface area contributed by atoms with Crippen molar-refractivity contribution >= 4 is 5.91 Å². The Morgan fingerprint density at radius 1 is 1.12 bits per heavy atom. The molecule has 26 heavy (non-hydrogen) atoms. The number of hydrogen-bond donors (Lipinski definition) is 0. The van der Waals surface area contributed by atoms with Gasteiger partial charge < -0.3 is 9.64 Å². The second-order valence-electron chi connectivity index (χ2n) is 7.58. The number of halogens is 1. The lowest BCUT2D eigenvalue weighted by atomic mass is 9.99. The molecule has 0 saturated carbocycles. The molecule has 3 rings (SSSR count). The highest BCUT2D eigenvalue weighted by molar-refractivity contribution is 5.78. The van der Waals surface area contributed by atoms with Gasteiger partial charge in [0.15, 0.2) is 11.6 Å². The first-order valence-electron chi connectivity index (χ1n) is 9.60. The topological polar surface area (TPSA) is 36.0 Å². The molecule has 144 valence electrons. The second kappa shape index (κ2) is 8.82. The van der Waals surface area contributed by atoms with E-state index in [4.69, 9.17) is 4.74 Å². The molecule has 1 aromatic carbocycles. The third-order valence-corrected chi connectivity index (χ3v) is 5.58. The van der Waals surface area contributed by atoms with E-state index in [-0.39, 0.29) is 17.5 Å². The number of piperazine rings is 1. The van der Waals surface area contributed by atoms with Crippen molar-refractivity contribution < 1.29 is 13.9 Å². The lowest BCUT2D eigenvalue weighted by molar-refractivity contribution is -0.134. The van der Waals surface area contributed by atoms with Crippen LogP contribution in [0.1, 0.15) is 25.3 Å². The lowest BCUT2D eigenvalue weighted by Crippen LogP contribution is -2.50. The van der Waals surface area contributed by atoms with Gasteiger partial charge in [-0.15, -0.1) is 0 Å². The van der Waals surface area contributed by atoms with Crippen molar-refractivity contribution in [2.75, 3.05) is 52.9 Å². The molecule has 0 atom stereocenters. The predicted octanol–water partition coefficient (Wildman–Crippen LogP) is 2.21. The van der Waals surface area contributed by atoms with Gasteiger partial charge in [-0.3, -0.25) is 14.6 Å². The summed E-state index contributed by atoms with van der Waals surface area (Å²) < 4.78 is 18.8. The highest BCUT2D eigenvalue weighted by Gasteiger charge is 2.24. The van der Waals surface area contributed by atoms with Crippen LogP contribution < -0.4 is 4.74 Å². The molecular formula is C20H30FN3O2. The molecule has 0 unspecified atom stereocenters. The van der Waals surface area contributed by atoms with Gasteiger partial charge >= 0.3 is 0 Å². The Bertz CT molecular complexity index is 609. The molecule has 2 saturated heterocycles. The average Bonchev–Trinajstić information content (AvgIpc) is 2.64. The maximum absolute atomic E-state index is 13.8. The van der Waals surface area contributed by atoms with Crippen LogP contribution in [0.25, 0.3) is 0 Å². The molecule has 1 aromatic rings. The van der Waals surface area contributed by atoms with Crippen molar-refractivity contribution in [1.82, 2.24) is 14.7 Å².